The van der Waals surface area contributed by atoms with Crippen molar-refractivity contribution in [3.05, 3.63) is 54.4 Å². The number of halogens is 2. The minimum absolute atomic E-state index is 0.0533. The van der Waals surface area contributed by atoms with Crippen molar-refractivity contribution in [1.29, 1.82) is 0 Å². The van der Waals surface area contributed by atoms with Gasteiger partial charge < -0.3 is 5.32 Å². The van der Waals surface area contributed by atoms with Crippen LogP contribution in [0.1, 0.15) is 32.2 Å². The van der Waals surface area contributed by atoms with E-state index in [4.69, 9.17) is 23.2 Å². The maximum atomic E-state index is 12.9. The first-order valence-corrected chi connectivity index (χ1v) is 11.4. The number of amides is 1. The van der Waals surface area contributed by atoms with E-state index in [2.05, 4.69) is 15.3 Å². The monoisotopic (exact) mass is 495 g/mol. The third-order valence-corrected chi connectivity index (χ3v) is 6.60. The molecule has 170 valence electrons. The highest BCUT2D eigenvalue weighted by Crippen LogP contribution is 2.33. The smallest absolute Gasteiger partial charge is 0.323 e. The van der Waals surface area contributed by atoms with Crippen LogP contribution in [0.2, 0.25) is 10.0 Å². The number of hydrogen-bond acceptors (Lipinski definition) is 6. The fourth-order valence-corrected chi connectivity index (χ4v) is 4.23. The summed E-state index contributed by atoms with van der Waals surface area (Å²) in [6.07, 6.45) is 0. The van der Waals surface area contributed by atoms with Gasteiger partial charge in [-0.25, -0.2) is 14.8 Å². The highest BCUT2D eigenvalue weighted by Gasteiger charge is 2.24. The number of thioether (sulfide) groups is 1. The predicted molar refractivity (Wildman–Crippen MR) is 129 cm³/mol. The molecule has 1 aromatic carbocycles. The molecule has 0 saturated heterocycles. The van der Waals surface area contributed by atoms with Gasteiger partial charge in [0.25, 0.3) is 5.56 Å². The summed E-state index contributed by atoms with van der Waals surface area (Å²) in [5, 5.41) is 3.92. The molecule has 1 N–H and O–H groups in total. The second-order valence-corrected chi connectivity index (χ2v) is 10.1. The van der Waals surface area contributed by atoms with E-state index >= 15 is 0 Å². The highest BCUT2D eigenvalue weighted by atomic mass is 35.5. The number of fused-ring (bicyclic) bond motifs is 1. The van der Waals surface area contributed by atoms with Crippen LogP contribution in [0.25, 0.3) is 11.0 Å². The van der Waals surface area contributed by atoms with Crippen LogP contribution in [-0.4, -0.2) is 30.8 Å². The lowest BCUT2D eigenvalue weighted by atomic mass is 9.96. The van der Waals surface area contributed by atoms with Crippen LogP contribution in [0.3, 0.4) is 0 Å². The Kier molecular flexibility index (Phi) is 6.74. The maximum Gasteiger partial charge on any atom is 0.332 e. The van der Waals surface area contributed by atoms with E-state index in [-0.39, 0.29) is 22.7 Å². The summed E-state index contributed by atoms with van der Waals surface area (Å²) in [4.78, 5) is 47.0. The topological polar surface area (TPSA) is 98.9 Å². The molecule has 0 aliphatic rings. The zero-order valence-electron chi connectivity index (χ0n) is 18.5. The molecule has 0 fully saturated rings. The van der Waals surface area contributed by atoms with Gasteiger partial charge in [-0.3, -0.25) is 18.7 Å². The second kappa shape index (κ2) is 8.88. The van der Waals surface area contributed by atoms with Gasteiger partial charge in [0.15, 0.2) is 5.65 Å². The zero-order chi connectivity index (χ0) is 24.0. The van der Waals surface area contributed by atoms with Crippen LogP contribution in [0.15, 0.2) is 26.7 Å². The van der Waals surface area contributed by atoms with E-state index in [1.807, 2.05) is 27.7 Å². The largest absolute Gasteiger partial charge is 0.332 e. The van der Waals surface area contributed by atoms with E-state index in [0.29, 0.717) is 26.6 Å². The molecule has 0 spiro atoms. The molecule has 3 aromatic rings. The lowest BCUT2D eigenvalue weighted by Crippen LogP contribution is -2.38. The Morgan fingerprint density at radius 1 is 1.12 bits per heavy atom. The first-order chi connectivity index (χ1) is 14.8. The van der Waals surface area contributed by atoms with Crippen LogP contribution in [0.5, 0.6) is 0 Å². The Morgan fingerprint density at radius 3 is 2.41 bits per heavy atom. The summed E-state index contributed by atoms with van der Waals surface area (Å²) >= 11 is 13.5. The van der Waals surface area contributed by atoms with Crippen LogP contribution >= 0.6 is 35.0 Å². The van der Waals surface area contributed by atoms with Crippen LogP contribution < -0.4 is 16.6 Å². The van der Waals surface area contributed by atoms with Crippen LogP contribution in [0, 0.1) is 6.92 Å². The van der Waals surface area contributed by atoms with Gasteiger partial charge in [-0.2, -0.15) is 0 Å². The lowest BCUT2D eigenvalue weighted by Gasteiger charge is -2.19. The SMILES string of the molecule is Cc1ccc(Cl)c(NC(=O)CSc2nc(C(C)(C)C)nc3c2c(=O)n(C)c(=O)n3C)c1Cl. The average molecular weight is 496 g/mol. The minimum Gasteiger partial charge on any atom is -0.323 e. The third-order valence-electron chi connectivity index (χ3n) is 4.83. The molecular formula is C21H23Cl2N5O3S. The minimum atomic E-state index is -0.517. The van der Waals surface area contributed by atoms with Gasteiger partial charge >= 0.3 is 5.69 Å². The molecule has 0 unspecified atom stereocenters. The number of hydrogen-bond donors (Lipinski definition) is 1. The summed E-state index contributed by atoms with van der Waals surface area (Å²) in [6.45, 7) is 7.59. The molecule has 0 bridgehead atoms. The molecule has 2 heterocycles. The predicted octanol–water partition coefficient (Wildman–Crippen LogP) is 3.67. The van der Waals surface area contributed by atoms with E-state index in [9.17, 15) is 14.4 Å². The number of benzene rings is 1. The summed E-state index contributed by atoms with van der Waals surface area (Å²) in [6, 6.07) is 3.42. The van der Waals surface area contributed by atoms with Gasteiger partial charge in [0, 0.05) is 19.5 Å². The van der Waals surface area contributed by atoms with Gasteiger partial charge in [-0.05, 0) is 18.6 Å². The summed E-state index contributed by atoms with van der Waals surface area (Å²) in [5.41, 5.74) is -0.105. The van der Waals surface area contributed by atoms with E-state index in [0.717, 1.165) is 21.9 Å². The van der Waals surface area contributed by atoms with Crippen molar-refractivity contribution in [3.8, 4) is 0 Å². The molecule has 0 saturated carbocycles. The lowest BCUT2D eigenvalue weighted by molar-refractivity contribution is -0.113. The number of carbonyl (C=O) groups excluding carboxylic acids is 1. The van der Waals surface area contributed by atoms with Crippen molar-refractivity contribution in [2.75, 3.05) is 11.1 Å². The van der Waals surface area contributed by atoms with Crippen molar-refractivity contribution in [2.24, 2.45) is 14.1 Å². The van der Waals surface area contributed by atoms with Gasteiger partial charge in [-0.15, -0.1) is 0 Å². The molecular weight excluding hydrogens is 473 g/mol. The fourth-order valence-electron chi connectivity index (χ4n) is 2.95. The fraction of sp³-hybridized carbons (Fsp3) is 0.381. The normalized spacial score (nSPS) is 11.8. The molecule has 3 rings (SSSR count). The molecule has 0 radical (unpaired) electrons. The zero-order valence-corrected chi connectivity index (χ0v) is 20.9. The number of nitrogens with zero attached hydrogens (tertiary/aromatic N) is 4. The van der Waals surface area contributed by atoms with Crippen molar-refractivity contribution in [2.45, 2.75) is 38.1 Å². The van der Waals surface area contributed by atoms with E-state index in [1.54, 1.807) is 19.2 Å². The number of anilines is 1. The number of aryl methyl sites for hydroxylation is 2. The summed E-state index contributed by atoms with van der Waals surface area (Å²) in [7, 11) is 2.94. The van der Waals surface area contributed by atoms with Crippen molar-refractivity contribution < 1.29 is 4.79 Å². The Morgan fingerprint density at radius 2 is 1.78 bits per heavy atom. The van der Waals surface area contributed by atoms with E-state index < -0.39 is 16.7 Å². The quantitative estimate of drug-likeness (QED) is 0.437. The third kappa shape index (κ3) is 4.55. The molecule has 0 aliphatic carbocycles. The molecule has 2 aromatic heterocycles. The molecule has 0 aliphatic heterocycles. The van der Waals surface area contributed by atoms with Crippen molar-refractivity contribution >= 4 is 57.6 Å². The highest BCUT2D eigenvalue weighted by molar-refractivity contribution is 8.00. The van der Waals surface area contributed by atoms with Gasteiger partial charge in [0.2, 0.25) is 5.91 Å². The second-order valence-electron chi connectivity index (χ2n) is 8.40. The van der Waals surface area contributed by atoms with E-state index in [1.165, 1.54) is 11.6 Å². The Labute approximate surface area is 199 Å². The first kappa shape index (κ1) is 24.3. The Bertz CT molecular complexity index is 1360. The molecule has 11 heteroatoms. The Balaban J connectivity index is 2.03. The van der Waals surface area contributed by atoms with Crippen LogP contribution in [0.4, 0.5) is 5.69 Å². The van der Waals surface area contributed by atoms with Gasteiger partial charge in [0.05, 0.1) is 21.5 Å². The summed E-state index contributed by atoms with van der Waals surface area (Å²) < 4.78 is 2.31. The molecule has 1 amide bonds. The number of nitrogens with one attached hydrogen (secondary N) is 1. The number of rotatable bonds is 4. The van der Waals surface area contributed by atoms with Gasteiger partial charge in [0.1, 0.15) is 16.2 Å². The van der Waals surface area contributed by atoms with Crippen LogP contribution in [-0.2, 0) is 24.3 Å². The maximum absolute atomic E-state index is 12.9. The Hall–Kier alpha value is -2.36. The van der Waals surface area contributed by atoms with Gasteiger partial charge in [-0.1, -0.05) is 61.8 Å². The number of aromatic nitrogens is 4. The van der Waals surface area contributed by atoms with Crippen molar-refractivity contribution in [1.82, 2.24) is 19.1 Å². The molecule has 8 nitrogen and oxygen atoms in total. The standard InChI is InChI=1S/C21H23Cl2N5O3S/c1-10-7-8-11(22)15(14(10)23)24-12(29)9-32-17-13-16(25-19(26-17)21(2,3)4)27(5)20(31)28(6)18(13)30/h7-8H,9H2,1-6H3,(H,24,29). The molecule has 0 atom stereocenters. The average Bonchev–Trinajstić information content (AvgIpc) is 2.73. The van der Waals surface area contributed by atoms with Crippen molar-refractivity contribution in [3.63, 3.8) is 0 Å². The summed E-state index contributed by atoms with van der Waals surface area (Å²) in [5.74, 6) is 0.0403. The molecule has 32 heavy (non-hydrogen) atoms. The number of carbonyl (C=O) groups is 1. The first-order valence-electron chi connectivity index (χ1n) is 9.68.